The van der Waals surface area contributed by atoms with Gasteiger partial charge in [-0.15, -0.1) is 0 Å². The van der Waals surface area contributed by atoms with Gasteiger partial charge in [-0.3, -0.25) is 28.8 Å². The number of hydrogen-bond acceptors (Lipinski definition) is 10. The summed E-state index contributed by atoms with van der Waals surface area (Å²) in [6, 6.07) is 9.17. The Morgan fingerprint density at radius 3 is 2.24 bits per heavy atom. The number of sulfonamides is 1. The highest BCUT2D eigenvalue weighted by Crippen LogP contribution is 2.47. The summed E-state index contributed by atoms with van der Waals surface area (Å²) in [5, 5.41) is 5.53. The molecule has 0 bridgehead atoms. The molecule has 0 radical (unpaired) electrons. The summed E-state index contributed by atoms with van der Waals surface area (Å²) in [7, 11) is -1.88. The predicted molar refractivity (Wildman–Crippen MR) is 212 cm³/mol. The van der Waals surface area contributed by atoms with Crippen LogP contribution in [0.2, 0.25) is 0 Å². The molecule has 0 spiro atoms. The number of piperazine rings is 1. The number of likely N-dealkylation sites (tertiary alicyclic amines) is 1. The maximum atomic E-state index is 14.8. The smallest absolute Gasteiger partial charge is 0.410 e. The van der Waals surface area contributed by atoms with Crippen LogP contribution in [0.4, 0.5) is 14.9 Å². The van der Waals surface area contributed by atoms with Crippen molar-refractivity contribution in [2.75, 3.05) is 45.1 Å². The molecular weight excluding hydrogens is 770 g/mol. The summed E-state index contributed by atoms with van der Waals surface area (Å²) in [5.74, 6) is -2.72. The Morgan fingerprint density at radius 1 is 0.948 bits per heavy atom. The van der Waals surface area contributed by atoms with Crippen molar-refractivity contribution in [2.24, 2.45) is 11.3 Å². The summed E-state index contributed by atoms with van der Waals surface area (Å²) in [5.41, 5.74) is 0.368. The van der Waals surface area contributed by atoms with E-state index in [1.54, 1.807) is 30.3 Å². The van der Waals surface area contributed by atoms with Gasteiger partial charge in [-0.2, -0.15) is 0 Å². The third-order valence-electron chi connectivity index (χ3n) is 12.2. The fourth-order valence-electron chi connectivity index (χ4n) is 8.26. The average molecular weight is 824 g/mol. The van der Waals surface area contributed by atoms with Crippen molar-refractivity contribution in [1.82, 2.24) is 29.6 Å². The highest BCUT2D eigenvalue weighted by atomic mass is 32.2. The van der Waals surface area contributed by atoms with E-state index < -0.39 is 74.0 Å². The molecule has 58 heavy (non-hydrogen) atoms. The van der Waals surface area contributed by atoms with Crippen LogP contribution in [0.5, 0.6) is 0 Å². The van der Waals surface area contributed by atoms with Gasteiger partial charge in [0.25, 0.3) is 11.8 Å². The number of halogens is 1. The lowest BCUT2D eigenvalue weighted by Gasteiger charge is -2.36. The zero-order valence-electron chi connectivity index (χ0n) is 33.8. The van der Waals surface area contributed by atoms with E-state index in [-0.39, 0.29) is 44.3 Å². The van der Waals surface area contributed by atoms with E-state index in [4.69, 9.17) is 4.74 Å². The molecule has 0 aromatic heterocycles. The van der Waals surface area contributed by atoms with E-state index in [9.17, 15) is 36.8 Å². The Morgan fingerprint density at radius 2 is 1.62 bits per heavy atom. The second-order valence-corrected chi connectivity index (χ2v) is 19.5. The monoisotopic (exact) mass is 823 g/mol. The molecule has 7 rings (SSSR count). The predicted octanol–water partition coefficient (Wildman–Crippen LogP) is 3.06. The second kappa shape index (κ2) is 15.8. The number of hydrogen-bond donors (Lipinski definition) is 3. The molecule has 2 aliphatic carbocycles. The summed E-state index contributed by atoms with van der Waals surface area (Å²) >= 11 is 0. The Balaban J connectivity index is 1.10. The zero-order chi connectivity index (χ0) is 41.7. The van der Waals surface area contributed by atoms with E-state index in [2.05, 4.69) is 20.3 Å². The topological polar surface area (TPSA) is 178 Å². The van der Waals surface area contributed by atoms with E-state index in [0.29, 0.717) is 49.2 Å². The van der Waals surface area contributed by atoms with Crippen LogP contribution in [0.15, 0.2) is 42.5 Å². The molecule has 2 saturated carbocycles. The average Bonchev–Trinajstić information content (AvgIpc) is 4.07. The van der Waals surface area contributed by atoms with Gasteiger partial charge in [0.1, 0.15) is 29.5 Å². The molecule has 15 nitrogen and oxygen atoms in total. The standard InChI is InChI=1S/C41H54FN7O8S/c1-6-28-21-41(28,38(53)45-58(55,56)32-13-14-32)44-35(50)33-20-31(57-39(54)48-22-26-7-10-29(42)19-27(26)23-48)24-49(33)37(52)34(40(2,3)4)43-30-11-8-25(9-12-30)36(51)47-17-15-46(5)16-18-47/h7-12,19,28,31-34,43H,6,13-18,20-24H2,1-5H3,(H,44,50)(H,45,53)/t28-,31-,33+,34-,41-/m1/s1. The van der Waals surface area contributed by atoms with Gasteiger partial charge in [0, 0.05) is 56.9 Å². The SMILES string of the molecule is CC[C@@H]1C[C@]1(NC(=O)[C@@H]1C[C@@H](OC(=O)N2Cc3ccc(F)cc3C2)CN1C(=O)[C@@H](Nc1ccc(C(=O)N2CCN(C)CC2)cc1)C(C)(C)C)C(=O)NS(=O)(=O)C1CC1. The lowest BCUT2D eigenvalue weighted by Crippen LogP contribution is -2.58. The summed E-state index contributed by atoms with van der Waals surface area (Å²) in [6.45, 7) is 10.5. The van der Waals surface area contributed by atoms with Gasteiger partial charge in [0.05, 0.1) is 11.8 Å². The van der Waals surface area contributed by atoms with E-state index in [1.807, 2.05) is 39.6 Å². The quantitative estimate of drug-likeness (QED) is 0.305. The zero-order valence-corrected chi connectivity index (χ0v) is 34.6. The molecule has 17 heteroatoms. The van der Waals surface area contributed by atoms with Gasteiger partial charge in [0.15, 0.2) is 0 Å². The number of benzene rings is 2. The first-order valence-electron chi connectivity index (χ1n) is 20.1. The maximum absolute atomic E-state index is 14.8. The molecular formula is C41H54FN7O8S. The molecule has 2 aromatic carbocycles. The van der Waals surface area contributed by atoms with Crippen LogP contribution >= 0.6 is 0 Å². The van der Waals surface area contributed by atoms with Crippen molar-refractivity contribution >= 4 is 45.4 Å². The van der Waals surface area contributed by atoms with Crippen LogP contribution in [-0.4, -0.2) is 126 Å². The molecule has 5 atom stereocenters. The van der Waals surface area contributed by atoms with Crippen molar-refractivity contribution in [1.29, 1.82) is 0 Å². The van der Waals surface area contributed by atoms with Crippen molar-refractivity contribution in [3.63, 3.8) is 0 Å². The van der Waals surface area contributed by atoms with Crippen molar-refractivity contribution in [3.05, 3.63) is 65.0 Å². The molecule has 2 saturated heterocycles. The van der Waals surface area contributed by atoms with E-state index >= 15 is 0 Å². The van der Waals surface area contributed by atoms with Gasteiger partial charge in [-0.1, -0.05) is 40.2 Å². The number of carbonyl (C=O) groups excluding carboxylic acids is 5. The Kier molecular flexibility index (Phi) is 11.3. The van der Waals surface area contributed by atoms with Crippen LogP contribution in [0.25, 0.3) is 0 Å². The number of carbonyl (C=O) groups is 5. The van der Waals surface area contributed by atoms with Gasteiger partial charge in [0.2, 0.25) is 21.8 Å². The molecule has 5 amide bonds. The Hall–Kier alpha value is -4.77. The number of ether oxygens (including phenoxy) is 1. The van der Waals surface area contributed by atoms with Crippen LogP contribution < -0.4 is 15.4 Å². The Labute approximate surface area is 339 Å². The van der Waals surface area contributed by atoms with Crippen LogP contribution in [0.1, 0.15) is 81.3 Å². The fraction of sp³-hybridized carbons (Fsp3) is 0.585. The van der Waals surface area contributed by atoms with Crippen molar-refractivity contribution in [3.8, 4) is 0 Å². The normalized spacial score (nSPS) is 25.1. The first kappa shape index (κ1) is 41.4. The lowest BCUT2D eigenvalue weighted by molar-refractivity contribution is -0.141. The number of anilines is 1. The first-order valence-corrected chi connectivity index (χ1v) is 21.7. The molecule has 0 unspecified atom stereocenters. The third-order valence-corrected chi connectivity index (χ3v) is 14.0. The molecule has 3 aliphatic heterocycles. The second-order valence-electron chi connectivity index (χ2n) is 17.6. The summed E-state index contributed by atoms with van der Waals surface area (Å²) in [6.07, 6.45) is -0.0106. The van der Waals surface area contributed by atoms with Crippen LogP contribution in [0, 0.1) is 17.2 Å². The van der Waals surface area contributed by atoms with Gasteiger partial charge < -0.3 is 30.1 Å². The fourth-order valence-corrected chi connectivity index (χ4v) is 9.63. The number of nitrogens with zero attached hydrogens (tertiary/aromatic N) is 4. The highest BCUT2D eigenvalue weighted by Gasteiger charge is 2.62. The minimum Gasteiger partial charge on any atom is -0.444 e. The number of nitrogens with one attached hydrogen (secondary N) is 3. The van der Waals surface area contributed by atoms with Crippen LogP contribution in [-0.2, 0) is 42.2 Å². The van der Waals surface area contributed by atoms with Crippen molar-refractivity contribution < 1.29 is 41.5 Å². The third kappa shape index (κ3) is 8.65. The van der Waals surface area contributed by atoms with Gasteiger partial charge in [-0.05, 0) is 85.2 Å². The largest absolute Gasteiger partial charge is 0.444 e. The molecule has 5 aliphatic rings. The van der Waals surface area contributed by atoms with Crippen molar-refractivity contribution in [2.45, 2.75) is 102 Å². The molecule has 2 aromatic rings. The van der Waals surface area contributed by atoms with E-state index in [1.165, 1.54) is 21.9 Å². The summed E-state index contributed by atoms with van der Waals surface area (Å²) < 4.78 is 47.6. The molecule has 3 heterocycles. The highest BCUT2D eigenvalue weighted by molar-refractivity contribution is 7.91. The van der Waals surface area contributed by atoms with E-state index in [0.717, 1.165) is 18.7 Å². The van der Waals surface area contributed by atoms with Gasteiger partial charge in [-0.25, -0.2) is 17.6 Å². The molecule has 314 valence electrons. The number of amides is 5. The summed E-state index contributed by atoms with van der Waals surface area (Å²) in [4.78, 5) is 76.2. The minimum absolute atomic E-state index is 0.0721. The number of fused-ring (bicyclic) bond motifs is 1. The first-order chi connectivity index (χ1) is 27.4. The molecule has 4 fully saturated rings. The van der Waals surface area contributed by atoms with Gasteiger partial charge >= 0.3 is 6.09 Å². The number of likely N-dealkylation sites (N-methyl/N-ethyl adjacent to an activating group) is 1. The number of rotatable bonds is 11. The minimum atomic E-state index is -3.89. The lowest BCUT2D eigenvalue weighted by atomic mass is 9.85. The Bertz CT molecular complexity index is 2070. The van der Waals surface area contributed by atoms with Crippen LogP contribution in [0.3, 0.4) is 0 Å². The molecule has 3 N–H and O–H groups in total. The maximum Gasteiger partial charge on any atom is 0.410 e.